The SMILES string of the molecule is CC(F)(F)CNc1cc(Br)ccn1. The van der Waals surface area contributed by atoms with E-state index < -0.39 is 12.5 Å². The van der Waals surface area contributed by atoms with E-state index in [-0.39, 0.29) is 0 Å². The second-order valence-electron chi connectivity index (χ2n) is 2.78. The first-order valence-corrected chi connectivity index (χ1v) is 4.50. The van der Waals surface area contributed by atoms with Crippen molar-refractivity contribution >= 4 is 21.7 Å². The highest BCUT2D eigenvalue weighted by atomic mass is 79.9. The number of halogens is 3. The summed E-state index contributed by atoms with van der Waals surface area (Å²) in [5.41, 5.74) is 0. The zero-order chi connectivity index (χ0) is 9.90. The van der Waals surface area contributed by atoms with Gasteiger partial charge in [-0.05, 0) is 12.1 Å². The van der Waals surface area contributed by atoms with Gasteiger partial charge < -0.3 is 5.32 Å². The Hall–Kier alpha value is -0.710. The molecule has 0 aliphatic heterocycles. The number of nitrogens with one attached hydrogen (secondary N) is 1. The van der Waals surface area contributed by atoms with E-state index in [0.29, 0.717) is 5.82 Å². The fraction of sp³-hybridized carbons (Fsp3) is 0.375. The topological polar surface area (TPSA) is 24.9 Å². The Morgan fingerprint density at radius 1 is 1.62 bits per heavy atom. The molecule has 5 heteroatoms. The van der Waals surface area contributed by atoms with Crippen molar-refractivity contribution in [1.29, 1.82) is 0 Å². The molecule has 0 aliphatic rings. The lowest BCUT2D eigenvalue weighted by Gasteiger charge is -2.11. The smallest absolute Gasteiger partial charge is 0.262 e. The molecule has 0 bridgehead atoms. The van der Waals surface area contributed by atoms with E-state index in [4.69, 9.17) is 0 Å². The van der Waals surface area contributed by atoms with Crippen molar-refractivity contribution in [1.82, 2.24) is 4.98 Å². The molecule has 0 saturated heterocycles. The minimum Gasteiger partial charge on any atom is -0.364 e. The molecule has 1 heterocycles. The van der Waals surface area contributed by atoms with E-state index >= 15 is 0 Å². The van der Waals surface area contributed by atoms with Gasteiger partial charge in [-0.1, -0.05) is 15.9 Å². The van der Waals surface area contributed by atoms with Crippen LogP contribution in [0.4, 0.5) is 14.6 Å². The predicted octanol–water partition coefficient (Wildman–Crippen LogP) is 2.91. The summed E-state index contributed by atoms with van der Waals surface area (Å²) < 4.78 is 25.6. The monoisotopic (exact) mass is 250 g/mol. The van der Waals surface area contributed by atoms with Gasteiger partial charge in [0.1, 0.15) is 5.82 Å². The van der Waals surface area contributed by atoms with Crippen LogP contribution in [0.25, 0.3) is 0 Å². The summed E-state index contributed by atoms with van der Waals surface area (Å²) in [6.45, 7) is 0.453. The van der Waals surface area contributed by atoms with Crippen molar-refractivity contribution in [3.63, 3.8) is 0 Å². The Morgan fingerprint density at radius 3 is 2.85 bits per heavy atom. The third kappa shape index (κ3) is 4.17. The molecule has 1 rings (SSSR count). The van der Waals surface area contributed by atoms with Gasteiger partial charge in [0.15, 0.2) is 0 Å². The van der Waals surface area contributed by atoms with E-state index in [2.05, 4.69) is 26.2 Å². The lowest BCUT2D eigenvalue weighted by Crippen LogP contribution is -2.23. The maximum atomic E-state index is 12.4. The van der Waals surface area contributed by atoms with E-state index in [1.165, 1.54) is 0 Å². The molecule has 72 valence electrons. The number of nitrogens with zero attached hydrogens (tertiary/aromatic N) is 1. The van der Waals surface area contributed by atoms with Crippen molar-refractivity contribution < 1.29 is 8.78 Å². The van der Waals surface area contributed by atoms with E-state index in [0.717, 1.165) is 11.4 Å². The van der Waals surface area contributed by atoms with Crippen molar-refractivity contribution in [3.05, 3.63) is 22.8 Å². The molecule has 1 aromatic rings. The summed E-state index contributed by atoms with van der Waals surface area (Å²) in [5, 5.41) is 2.53. The highest BCUT2D eigenvalue weighted by molar-refractivity contribution is 9.10. The van der Waals surface area contributed by atoms with Crippen molar-refractivity contribution in [2.75, 3.05) is 11.9 Å². The Labute approximate surface area is 83.5 Å². The maximum Gasteiger partial charge on any atom is 0.262 e. The lowest BCUT2D eigenvalue weighted by atomic mass is 10.4. The summed E-state index contributed by atoms with van der Waals surface area (Å²) >= 11 is 3.22. The van der Waals surface area contributed by atoms with Crippen LogP contribution in [0.1, 0.15) is 6.92 Å². The first kappa shape index (κ1) is 10.4. The third-order valence-electron chi connectivity index (χ3n) is 1.30. The number of hydrogen-bond donors (Lipinski definition) is 1. The van der Waals surface area contributed by atoms with Gasteiger partial charge in [-0.3, -0.25) is 0 Å². The van der Waals surface area contributed by atoms with Crippen LogP contribution >= 0.6 is 15.9 Å². The highest BCUT2D eigenvalue weighted by Crippen LogP contribution is 2.15. The molecule has 1 aromatic heterocycles. The molecular weight excluding hydrogens is 242 g/mol. The number of rotatable bonds is 3. The van der Waals surface area contributed by atoms with Crippen LogP contribution in [0.5, 0.6) is 0 Å². The molecule has 13 heavy (non-hydrogen) atoms. The van der Waals surface area contributed by atoms with Gasteiger partial charge in [0, 0.05) is 17.6 Å². The van der Waals surface area contributed by atoms with Gasteiger partial charge in [0.25, 0.3) is 5.92 Å². The molecule has 0 fully saturated rings. The summed E-state index contributed by atoms with van der Waals surface area (Å²) in [5.74, 6) is -2.28. The van der Waals surface area contributed by atoms with E-state index in [1.54, 1.807) is 18.3 Å². The van der Waals surface area contributed by atoms with Crippen LogP contribution < -0.4 is 5.32 Å². The predicted molar refractivity (Wildman–Crippen MR) is 51.0 cm³/mol. The fourth-order valence-corrected chi connectivity index (χ4v) is 1.08. The molecule has 0 atom stereocenters. The number of anilines is 1. The number of pyridine rings is 1. The average Bonchev–Trinajstić information content (AvgIpc) is 2.00. The van der Waals surface area contributed by atoms with Crippen LogP contribution in [0.3, 0.4) is 0 Å². The summed E-state index contributed by atoms with van der Waals surface area (Å²) in [6.07, 6.45) is 1.54. The Balaban J connectivity index is 2.55. The minimum absolute atomic E-state index is 0.406. The molecule has 2 nitrogen and oxygen atoms in total. The normalized spacial score (nSPS) is 11.4. The molecule has 1 N–H and O–H groups in total. The van der Waals surface area contributed by atoms with Gasteiger partial charge >= 0.3 is 0 Å². The molecule has 0 spiro atoms. The minimum atomic E-state index is -2.72. The summed E-state index contributed by atoms with van der Waals surface area (Å²) in [7, 11) is 0. The van der Waals surface area contributed by atoms with Gasteiger partial charge in [-0.2, -0.15) is 0 Å². The molecule has 0 aromatic carbocycles. The van der Waals surface area contributed by atoms with Crippen LogP contribution in [-0.4, -0.2) is 17.5 Å². The highest BCUT2D eigenvalue weighted by Gasteiger charge is 2.20. The summed E-state index contributed by atoms with van der Waals surface area (Å²) in [4.78, 5) is 3.87. The lowest BCUT2D eigenvalue weighted by molar-refractivity contribution is 0.0367. The molecule has 0 radical (unpaired) electrons. The fourth-order valence-electron chi connectivity index (χ4n) is 0.747. The first-order valence-electron chi connectivity index (χ1n) is 3.71. The van der Waals surface area contributed by atoms with Gasteiger partial charge in [0.2, 0.25) is 0 Å². The molecule has 0 amide bonds. The second-order valence-corrected chi connectivity index (χ2v) is 3.70. The van der Waals surface area contributed by atoms with E-state index in [1.807, 2.05) is 0 Å². The molecule has 0 unspecified atom stereocenters. The molecule has 0 saturated carbocycles. The molecular formula is C8H9BrF2N2. The Bertz CT molecular complexity index is 286. The first-order chi connectivity index (χ1) is 5.97. The number of aromatic nitrogens is 1. The third-order valence-corrected chi connectivity index (χ3v) is 1.80. The molecule has 0 aliphatic carbocycles. The van der Waals surface area contributed by atoms with Gasteiger partial charge in [-0.15, -0.1) is 0 Å². The Morgan fingerprint density at radius 2 is 2.31 bits per heavy atom. The zero-order valence-corrected chi connectivity index (χ0v) is 8.61. The largest absolute Gasteiger partial charge is 0.364 e. The zero-order valence-electron chi connectivity index (χ0n) is 7.02. The standard InChI is InChI=1S/C8H9BrF2N2/c1-8(10,11)5-13-7-4-6(9)2-3-12-7/h2-4H,5H2,1H3,(H,12,13). The quantitative estimate of drug-likeness (QED) is 0.893. The van der Waals surface area contributed by atoms with Gasteiger partial charge in [-0.25, -0.2) is 13.8 Å². The second kappa shape index (κ2) is 4.00. The number of hydrogen-bond acceptors (Lipinski definition) is 2. The van der Waals surface area contributed by atoms with Crippen molar-refractivity contribution in [3.8, 4) is 0 Å². The number of alkyl halides is 2. The van der Waals surface area contributed by atoms with Crippen LogP contribution in [-0.2, 0) is 0 Å². The van der Waals surface area contributed by atoms with Gasteiger partial charge in [0.05, 0.1) is 6.54 Å². The van der Waals surface area contributed by atoms with Crippen LogP contribution in [0.15, 0.2) is 22.8 Å². The van der Waals surface area contributed by atoms with E-state index in [9.17, 15) is 8.78 Å². The van der Waals surface area contributed by atoms with Crippen molar-refractivity contribution in [2.45, 2.75) is 12.8 Å². The van der Waals surface area contributed by atoms with Crippen LogP contribution in [0, 0.1) is 0 Å². The Kier molecular flexibility index (Phi) is 3.19. The van der Waals surface area contributed by atoms with Crippen molar-refractivity contribution in [2.24, 2.45) is 0 Å². The maximum absolute atomic E-state index is 12.4. The summed E-state index contributed by atoms with van der Waals surface area (Å²) in [6, 6.07) is 3.38. The average molecular weight is 251 g/mol. The van der Waals surface area contributed by atoms with Crippen LogP contribution in [0.2, 0.25) is 0 Å².